The molecule has 4 heterocycles. The zero-order valence-corrected chi connectivity index (χ0v) is 14.0. The highest BCUT2D eigenvalue weighted by molar-refractivity contribution is 5.84. The lowest BCUT2D eigenvalue weighted by Crippen LogP contribution is -2.53. The van der Waals surface area contributed by atoms with Gasteiger partial charge in [-0.25, -0.2) is 4.98 Å². The highest BCUT2D eigenvalue weighted by Crippen LogP contribution is 2.38. The number of halogens is 3. The highest BCUT2D eigenvalue weighted by Gasteiger charge is 2.50. The first-order chi connectivity index (χ1) is 11.8. The maximum absolute atomic E-state index is 12.9. The van der Waals surface area contributed by atoms with Gasteiger partial charge >= 0.3 is 6.18 Å². The Morgan fingerprint density at radius 2 is 2.12 bits per heavy atom. The Hall–Kier alpha value is -1.83. The minimum atomic E-state index is -4.44. The normalized spacial score (nSPS) is 31.8. The average Bonchev–Trinajstić information content (AvgIpc) is 3.29. The number of anilines is 1. The minimum absolute atomic E-state index is 0.0443. The van der Waals surface area contributed by atoms with Crippen LogP contribution in [0.4, 0.5) is 19.0 Å². The van der Waals surface area contributed by atoms with Crippen molar-refractivity contribution in [1.82, 2.24) is 15.2 Å². The van der Waals surface area contributed by atoms with Crippen LogP contribution < -0.4 is 10.2 Å². The van der Waals surface area contributed by atoms with Gasteiger partial charge in [0.1, 0.15) is 11.5 Å². The zero-order valence-electron chi connectivity index (χ0n) is 14.0. The Morgan fingerprint density at radius 1 is 1.32 bits per heavy atom. The lowest BCUT2D eigenvalue weighted by Gasteiger charge is -2.38. The van der Waals surface area contributed by atoms with E-state index in [1.165, 1.54) is 6.07 Å². The topological polar surface area (TPSA) is 48.5 Å². The van der Waals surface area contributed by atoms with Gasteiger partial charge < -0.3 is 15.1 Å². The molecule has 0 aliphatic carbocycles. The summed E-state index contributed by atoms with van der Waals surface area (Å²) in [6.07, 6.45) is -2.81. The van der Waals surface area contributed by atoms with Crippen LogP contribution in [0.25, 0.3) is 0 Å². The molecule has 5 nitrogen and oxygen atoms in total. The van der Waals surface area contributed by atoms with E-state index < -0.39 is 11.9 Å². The van der Waals surface area contributed by atoms with E-state index in [1.54, 1.807) is 6.07 Å². The van der Waals surface area contributed by atoms with Crippen molar-refractivity contribution in [3.63, 3.8) is 0 Å². The van der Waals surface area contributed by atoms with Crippen molar-refractivity contribution in [2.75, 3.05) is 31.1 Å². The number of nitrogens with zero attached hydrogens (tertiary/aromatic N) is 3. The summed E-state index contributed by atoms with van der Waals surface area (Å²) >= 11 is 0. The van der Waals surface area contributed by atoms with Crippen molar-refractivity contribution in [3.8, 4) is 0 Å². The van der Waals surface area contributed by atoms with Gasteiger partial charge in [0.2, 0.25) is 5.91 Å². The van der Waals surface area contributed by atoms with Crippen molar-refractivity contribution in [2.45, 2.75) is 38.0 Å². The second kappa shape index (κ2) is 5.59. The van der Waals surface area contributed by atoms with Gasteiger partial charge in [0.15, 0.2) is 0 Å². The number of piperazine rings is 1. The standard InChI is InChI=1S/C17H21F3N4O/c1-16(5-6-21-10-16)15(25)24-9-11-7-12(24)8-23(11)14-4-2-3-13(22-14)17(18,19)20/h2-4,11-12,21H,5-10H2,1H3/t11-,12-,16-/m0/s1. The molecular formula is C17H21F3N4O. The van der Waals surface area contributed by atoms with Crippen LogP contribution >= 0.6 is 0 Å². The van der Waals surface area contributed by atoms with E-state index >= 15 is 0 Å². The van der Waals surface area contributed by atoms with Crippen LogP contribution in [0.2, 0.25) is 0 Å². The molecule has 3 aliphatic heterocycles. The fourth-order valence-electron chi connectivity index (χ4n) is 4.28. The lowest BCUT2D eigenvalue weighted by atomic mass is 9.87. The molecule has 8 heteroatoms. The largest absolute Gasteiger partial charge is 0.433 e. The van der Waals surface area contributed by atoms with E-state index in [0.29, 0.717) is 25.5 Å². The van der Waals surface area contributed by atoms with Crippen molar-refractivity contribution < 1.29 is 18.0 Å². The first kappa shape index (κ1) is 16.6. The van der Waals surface area contributed by atoms with Crippen LogP contribution in [-0.2, 0) is 11.0 Å². The molecule has 2 bridgehead atoms. The summed E-state index contributed by atoms with van der Waals surface area (Å²) in [5.74, 6) is 0.518. The van der Waals surface area contributed by atoms with E-state index in [9.17, 15) is 18.0 Å². The van der Waals surface area contributed by atoms with Crippen LogP contribution in [0.15, 0.2) is 18.2 Å². The molecule has 0 spiro atoms. The van der Waals surface area contributed by atoms with Gasteiger partial charge in [0.25, 0.3) is 0 Å². The van der Waals surface area contributed by atoms with Gasteiger partial charge in [-0.2, -0.15) is 13.2 Å². The summed E-state index contributed by atoms with van der Waals surface area (Å²) in [7, 11) is 0. The number of likely N-dealkylation sites (tertiary alicyclic amines) is 1. The average molecular weight is 354 g/mol. The highest BCUT2D eigenvalue weighted by atomic mass is 19.4. The summed E-state index contributed by atoms with van der Waals surface area (Å²) in [6, 6.07) is 4.10. The monoisotopic (exact) mass is 354 g/mol. The molecular weight excluding hydrogens is 333 g/mol. The Labute approximate surface area is 144 Å². The SMILES string of the molecule is C[C@]1(C(=O)N2C[C@@H]3C[C@H]2CN3c2cccc(C(F)(F)F)n2)CCNC1. The summed E-state index contributed by atoms with van der Waals surface area (Å²) < 4.78 is 38.7. The number of fused-ring (bicyclic) bond motifs is 2. The molecule has 0 saturated carbocycles. The number of pyridine rings is 1. The zero-order chi connectivity index (χ0) is 17.8. The van der Waals surface area contributed by atoms with Crippen LogP contribution in [-0.4, -0.2) is 54.1 Å². The van der Waals surface area contributed by atoms with E-state index in [4.69, 9.17) is 0 Å². The maximum Gasteiger partial charge on any atom is 0.433 e. The van der Waals surface area contributed by atoms with Crippen LogP contribution in [0.5, 0.6) is 0 Å². The van der Waals surface area contributed by atoms with Crippen LogP contribution in [0, 0.1) is 5.41 Å². The first-order valence-corrected chi connectivity index (χ1v) is 8.61. The van der Waals surface area contributed by atoms with Gasteiger partial charge in [-0.1, -0.05) is 6.07 Å². The number of alkyl halides is 3. The maximum atomic E-state index is 12.9. The summed E-state index contributed by atoms with van der Waals surface area (Å²) in [5, 5.41) is 3.24. The van der Waals surface area contributed by atoms with Crippen LogP contribution in [0.1, 0.15) is 25.5 Å². The Bertz CT molecular complexity index is 687. The van der Waals surface area contributed by atoms with E-state index in [-0.39, 0.29) is 23.4 Å². The number of carbonyl (C=O) groups excluding carboxylic acids is 1. The van der Waals surface area contributed by atoms with Crippen molar-refractivity contribution in [2.24, 2.45) is 5.41 Å². The van der Waals surface area contributed by atoms with Gasteiger partial charge in [-0.05, 0) is 38.4 Å². The fraction of sp³-hybridized carbons (Fsp3) is 0.647. The molecule has 1 N–H and O–H groups in total. The number of hydrogen-bond donors (Lipinski definition) is 1. The molecule has 3 saturated heterocycles. The predicted molar refractivity (Wildman–Crippen MR) is 86.1 cm³/mol. The third kappa shape index (κ3) is 2.76. The number of hydrogen-bond acceptors (Lipinski definition) is 4. The molecule has 0 aromatic carbocycles. The van der Waals surface area contributed by atoms with Crippen LogP contribution in [0.3, 0.4) is 0 Å². The molecule has 3 fully saturated rings. The van der Waals surface area contributed by atoms with E-state index in [1.807, 2.05) is 16.7 Å². The number of nitrogens with one attached hydrogen (secondary N) is 1. The molecule has 0 radical (unpaired) electrons. The van der Waals surface area contributed by atoms with Crippen molar-refractivity contribution in [1.29, 1.82) is 0 Å². The second-order valence-corrected chi connectivity index (χ2v) is 7.52. The molecule has 136 valence electrons. The van der Waals surface area contributed by atoms with Gasteiger partial charge in [-0.3, -0.25) is 4.79 Å². The number of aromatic nitrogens is 1. The minimum Gasteiger partial charge on any atom is -0.350 e. The molecule has 1 aromatic rings. The molecule has 25 heavy (non-hydrogen) atoms. The summed E-state index contributed by atoms with van der Waals surface area (Å²) in [4.78, 5) is 20.5. The Kier molecular flexibility index (Phi) is 3.72. The molecule has 1 aromatic heterocycles. The van der Waals surface area contributed by atoms with Gasteiger partial charge in [-0.15, -0.1) is 0 Å². The predicted octanol–water partition coefficient (Wildman–Crippen LogP) is 1.89. The molecule has 0 unspecified atom stereocenters. The smallest absolute Gasteiger partial charge is 0.350 e. The number of carbonyl (C=O) groups is 1. The van der Waals surface area contributed by atoms with Crippen molar-refractivity contribution >= 4 is 11.7 Å². The second-order valence-electron chi connectivity index (χ2n) is 7.52. The Morgan fingerprint density at radius 3 is 2.72 bits per heavy atom. The fourth-order valence-corrected chi connectivity index (χ4v) is 4.28. The number of amides is 1. The molecule has 3 atom stereocenters. The third-order valence-electron chi connectivity index (χ3n) is 5.71. The van der Waals surface area contributed by atoms with E-state index in [0.717, 1.165) is 25.5 Å². The van der Waals surface area contributed by atoms with Crippen molar-refractivity contribution in [3.05, 3.63) is 23.9 Å². The van der Waals surface area contributed by atoms with Gasteiger partial charge in [0, 0.05) is 19.6 Å². The summed E-state index contributed by atoms with van der Waals surface area (Å²) in [6.45, 7) is 4.65. The quantitative estimate of drug-likeness (QED) is 0.881. The van der Waals surface area contributed by atoms with Gasteiger partial charge in [0.05, 0.1) is 17.5 Å². The lowest BCUT2D eigenvalue weighted by molar-refractivity contribution is -0.141. The summed E-state index contributed by atoms with van der Waals surface area (Å²) in [5.41, 5.74) is -1.23. The first-order valence-electron chi connectivity index (χ1n) is 8.61. The Balaban J connectivity index is 1.49. The van der Waals surface area contributed by atoms with E-state index in [2.05, 4.69) is 10.3 Å². The molecule has 1 amide bonds. The third-order valence-corrected chi connectivity index (χ3v) is 5.71. The molecule has 4 rings (SSSR count). The molecule has 3 aliphatic rings. The number of rotatable bonds is 2.